The van der Waals surface area contributed by atoms with Crippen molar-refractivity contribution in [3.63, 3.8) is 0 Å². The van der Waals surface area contributed by atoms with Gasteiger partial charge < -0.3 is 10.6 Å². The molecule has 0 spiro atoms. The summed E-state index contributed by atoms with van der Waals surface area (Å²) in [5.41, 5.74) is 7.83. The van der Waals surface area contributed by atoms with Crippen molar-refractivity contribution in [2.24, 2.45) is 5.73 Å². The van der Waals surface area contributed by atoms with Crippen LogP contribution in [0, 0.1) is 0 Å². The maximum atomic E-state index is 12.5. The van der Waals surface area contributed by atoms with Crippen LogP contribution >= 0.6 is 11.6 Å². The number of nitrogens with two attached hydrogens (primary N) is 1. The molecule has 2 rings (SSSR count). The molecule has 0 fully saturated rings. The fourth-order valence-corrected chi connectivity index (χ4v) is 2.37. The number of hydrogen-bond donors (Lipinski definition) is 1. The molecule has 0 aliphatic rings. The van der Waals surface area contributed by atoms with Gasteiger partial charge >= 0.3 is 0 Å². The molecule has 0 aliphatic heterocycles. The lowest BCUT2D eigenvalue weighted by Gasteiger charge is -2.25. The molecule has 1 amide bonds. The van der Waals surface area contributed by atoms with Crippen LogP contribution in [0.25, 0.3) is 0 Å². The lowest BCUT2D eigenvalue weighted by atomic mass is 10.1. The summed E-state index contributed by atoms with van der Waals surface area (Å²) in [6.07, 6.45) is 0. The van der Waals surface area contributed by atoms with Gasteiger partial charge in [-0.3, -0.25) is 4.79 Å². The Bertz CT molecular complexity index is 601. The van der Waals surface area contributed by atoms with E-state index in [1.54, 1.807) is 4.90 Å². The number of benzene rings is 2. The van der Waals surface area contributed by atoms with Crippen LogP contribution in [-0.4, -0.2) is 17.4 Å². The quantitative estimate of drug-likeness (QED) is 0.920. The standard InChI is InChI=1S/C17H19ClN2O/c1-2-20(12-14-10-6-7-11-15(14)18)17(21)16(19)13-8-4-3-5-9-13/h3-11,16H,2,12,19H2,1H3. The first-order valence-corrected chi connectivity index (χ1v) is 7.34. The summed E-state index contributed by atoms with van der Waals surface area (Å²) in [6.45, 7) is 2.99. The fourth-order valence-electron chi connectivity index (χ4n) is 2.18. The van der Waals surface area contributed by atoms with E-state index in [0.29, 0.717) is 18.1 Å². The highest BCUT2D eigenvalue weighted by molar-refractivity contribution is 6.31. The molecule has 1 atom stereocenters. The zero-order valence-electron chi connectivity index (χ0n) is 12.0. The molecular weight excluding hydrogens is 284 g/mol. The first kappa shape index (κ1) is 15.5. The molecule has 0 bridgehead atoms. The number of rotatable bonds is 5. The van der Waals surface area contributed by atoms with Gasteiger partial charge in [0.05, 0.1) is 0 Å². The molecule has 0 saturated carbocycles. The third kappa shape index (κ3) is 3.84. The van der Waals surface area contributed by atoms with Crippen LogP contribution in [0.3, 0.4) is 0 Å². The van der Waals surface area contributed by atoms with Crippen molar-refractivity contribution in [2.45, 2.75) is 19.5 Å². The summed E-state index contributed by atoms with van der Waals surface area (Å²) in [7, 11) is 0. The van der Waals surface area contributed by atoms with Crippen LogP contribution in [0.4, 0.5) is 0 Å². The topological polar surface area (TPSA) is 46.3 Å². The van der Waals surface area contributed by atoms with E-state index >= 15 is 0 Å². The van der Waals surface area contributed by atoms with Crippen molar-refractivity contribution < 1.29 is 4.79 Å². The molecule has 4 heteroatoms. The third-order valence-electron chi connectivity index (χ3n) is 3.44. The van der Waals surface area contributed by atoms with Gasteiger partial charge in [-0.25, -0.2) is 0 Å². The highest BCUT2D eigenvalue weighted by Gasteiger charge is 2.21. The maximum absolute atomic E-state index is 12.5. The van der Waals surface area contributed by atoms with Crippen LogP contribution in [0.15, 0.2) is 54.6 Å². The van der Waals surface area contributed by atoms with E-state index in [0.717, 1.165) is 11.1 Å². The molecule has 21 heavy (non-hydrogen) atoms. The molecule has 0 heterocycles. The molecule has 3 nitrogen and oxygen atoms in total. The Morgan fingerprint density at radius 1 is 1.14 bits per heavy atom. The van der Waals surface area contributed by atoms with Gasteiger partial charge in [0.15, 0.2) is 0 Å². The Labute approximate surface area is 130 Å². The van der Waals surface area contributed by atoms with Crippen LogP contribution in [0.1, 0.15) is 24.1 Å². The number of halogens is 1. The van der Waals surface area contributed by atoms with E-state index in [2.05, 4.69) is 0 Å². The SMILES string of the molecule is CCN(Cc1ccccc1Cl)C(=O)C(N)c1ccccc1. The summed E-state index contributed by atoms with van der Waals surface area (Å²) in [4.78, 5) is 14.3. The molecule has 110 valence electrons. The van der Waals surface area contributed by atoms with Gasteiger partial charge in [0.1, 0.15) is 6.04 Å². The number of carbonyl (C=O) groups excluding carboxylic acids is 1. The van der Waals surface area contributed by atoms with Gasteiger partial charge in [-0.1, -0.05) is 60.1 Å². The number of carbonyl (C=O) groups is 1. The number of hydrogen-bond acceptors (Lipinski definition) is 2. The second-order valence-electron chi connectivity index (χ2n) is 4.83. The average Bonchev–Trinajstić information content (AvgIpc) is 2.53. The number of nitrogens with zero attached hydrogens (tertiary/aromatic N) is 1. The Hall–Kier alpha value is -1.84. The van der Waals surface area contributed by atoms with Gasteiger partial charge in [-0.2, -0.15) is 0 Å². The Morgan fingerprint density at radius 3 is 2.38 bits per heavy atom. The van der Waals surface area contributed by atoms with Gasteiger partial charge in [0.2, 0.25) is 5.91 Å². The van der Waals surface area contributed by atoms with Crippen molar-refractivity contribution in [1.82, 2.24) is 4.90 Å². The summed E-state index contributed by atoms with van der Waals surface area (Å²) < 4.78 is 0. The fraction of sp³-hybridized carbons (Fsp3) is 0.235. The lowest BCUT2D eigenvalue weighted by molar-refractivity contribution is -0.133. The van der Waals surface area contributed by atoms with Crippen molar-refractivity contribution in [3.05, 3.63) is 70.7 Å². The molecular formula is C17H19ClN2O. The molecule has 0 radical (unpaired) electrons. The van der Waals surface area contributed by atoms with E-state index in [-0.39, 0.29) is 5.91 Å². The largest absolute Gasteiger partial charge is 0.337 e. The van der Waals surface area contributed by atoms with Crippen molar-refractivity contribution in [2.75, 3.05) is 6.54 Å². The first-order chi connectivity index (χ1) is 10.1. The Balaban J connectivity index is 2.14. The predicted octanol–water partition coefficient (Wildman–Crippen LogP) is 3.39. The molecule has 0 aromatic heterocycles. The predicted molar refractivity (Wildman–Crippen MR) is 85.9 cm³/mol. The van der Waals surface area contributed by atoms with Gasteiger partial charge in [-0.05, 0) is 24.1 Å². The van der Waals surface area contributed by atoms with E-state index in [4.69, 9.17) is 17.3 Å². The third-order valence-corrected chi connectivity index (χ3v) is 3.81. The summed E-state index contributed by atoms with van der Waals surface area (Å²) in [6, 6.07) is 16.3. The minimum absolute atomic E-state index is 0.0939. The number of likely N-dealkylation sites (N-methyl/N-ethyl adjacent to an activating group) is 1. The van der Waals surface area contributed by atoms with Crippen LogP contribution in [-0.2, 0) is 11.3 Å². The van der Waals surface area contributed by atoms with Crippen molar-refractivity contribution in [3.8, 4) is 0 Å². The maximum Gasteiger partial charge on any atom is 0.244 e. The van der Waals surface area contributed by atoms with E-state index < -0.39 is 6.04 Å². The van der Waals surface area contributed by atoms with Gasteiger partial charge in [0, 0.05) is 18.1 Å². The smallest absolute Gasteiger partial charge is 0.244 e. The average molecular weight is 303 g/mol. The minimum Gasteiger partial charge on any atom is -0.337 e. The Kier molecular flexibility index (Phi) is 5.37. The molecule has 2 aromatic carbocycles. The molecule has 0 saturated heterocycles. The molecule has 1 unspecified atom stereocenters. The molecule has 2 N–H and O–H groups in total. The van der Waals surface area contributed by atoms with E-state index in [1.165, 1.54) is 0 Å². The first-order valence-electron chi connectivity index (χ1n) is 6.96. The van der Waals surface area contributed by atoms with Gasteiger partial charge in [-0.15, -0.1) is 0 Å². The highest BCUT2D eigenvalue weighted by Crippen LogP contribution is 2.19. The Morgan fingerprint density at radius 2 is 1.76 bits per heavy atom. The zero-order valence-corrected chi connectivity index (χ0v) is 12.8. The molecule has 2 aromatic rings. The summed E-state index contributed by atoms with van der Waals surface area (Å²) in [5, 5.41) is 0.664. The highest BCUT2D eigenvalue weighted by atomic mass is 35.5. The second-order valence-corrected chi connectivity index (χ2v) is 5.24. The summed E-state index contributed by atoms with van der Waals surface area (Å²) in [5.74, 6) is -0.0939. The zero-order chi connectivity index (χ0) is 15.2. The van der Waals surface area contributed by atoms with Crippen molar-refractivity contribution in [1.29, 1.82) is 0 Å². The monoisotopic (exact) mass is 302 g/mol. The normalized spacial score (nSPS) is 12.0. The number of amides is 1. The van der Waals surface area contributed by atoms with Crippen LogP contribution < -0.4 is 5.73 Å². The van der Waals surface area contributed by atoms with E-state index in [9.17, 15) is 4.79 Å². The molecule has 0 aliphatic carbocycles. The minimum atomic E-state index is -0.645. The van der Waals surface area contributed by atoms with E-state index in [1.807, 2.05) is 61.5 Å². The summed E-state index contributed by atoms with van der Waals surface area (Å²) >= 11 is 6.16. The van der Waals surface area contributed by atoms with Gasteiger partial charge in [0.25, 0.3) is 0 Å². The lowest BCUT2D eigenvalue weighted by Crippen LogP contribution is -2.38. The second kappa shape index (κ2) is 7.25. The van der Waals surface area contributed by atoms with Crippen LogP contribution in [0.2, 0.25) is 5.02 Å². The van der Waals surface area contributed by atoms with Crippen LogP contribution in [0.5, 0.6) is 0 Å². The van der Waals surface area contributed by atoms with Crippen molar-refractivity contribution >= 4 is 17.5 Å².